The molecular weight excluding hydrogens is 222 g/mol. The number of urea groups is 1. The number of nitrogens with zero attached hydrogens (tertiary/aromatic N) is 1. The summed E-state index contributed by atoms with van der Waals surface area (Å²) in [4.78, 5) is 22.5. The van der Waals surface area contributed by atoms with Gasteiger partial charge in [-0.05, 0) is 6.42 Å². The average molecular weight is 236 g/mol. The summed E-state index contributed by atoms with van der Waals surface area (Å²) in [5.41, 5.74) is 0. The van der Waals surface area contributed by atoms with Crippen molar-refractivity contribution in [1.29, 1.82) is 0 Å². The van der Waals surface area contributed by atoms with Crippen LogP contribution in [0.25, 0.3) is 0 Å². The molecule has 5 nitrogen and oxygen atoms in total. The Labute approximate surface area is 91.4 Å². The number of alkyl halides is 2. The first-order valence-corrected chi connectivity index (χ1v) is 5.03. The van der Waals surface area contributed by atoms with Crippen molar-refractivity contribution >= 4 is 12.0 Å². The van der Waals surface area contributed by atoms with E-state index in [1.807, 2.05) is 0 Å². The molecule has 0 bridgehead atoms. The summed E-state index contributed by atoms with van der Waals surface area (Å²) in [5, 5.41) is 10.7. The van der Waals surface area contributed by atoms with Crippen LogP contribution >= 0.6 is 0 Å². The number of nitrogens with one attached hydrogen (secondary N) is 1. The van der Waals surface area contributed by atoms with Gasteiger partial charge in [-0.25, -0.2) is 13.6 Å². The second-order valence-electron chi connectivity index (χ2n) is 3.76. The van der Waals surface area contributed by atoms with Crippen LogP contribution in [0.5, 0.6) is 0 Å². The third kappa shape index (κ3) is 4.00. The molecule has 1 fully saturated rings. The van der Waals surface area contributed by atoms with Crippen LogP contribution in [-0.4, -0.2) is 47.6 Å². The maximum atomic E-state index is 12.7. The highest BCUT2D eigenvalue weighted by Crippen LogP contribution is 2.26. The highest BCUT2D eigenvalue weighted by atomic mass is 19.3. The van der Waals surface area contributed by atoms with E-state index in [2.05, 4.69) is 5.32 Å². The highest BCUT2D eigenvalue weighted by molar-refractivity contribution is 5.74. The predicted octanol–water partition coefficient (Wildman–Crippen LogP) is 0.902. The topological polar surface area (TPSA) is 69.6 Å². The van der Waals surface area contributed by atoms with Crippen molar-refractivity contribution in [2.75, 3.05) is 19.6 Å². The van der Waals surface area contributed by atoms with Crippen molar-refractivity contribution in [1.82, 2.24) is 10.2 Å². The lowest BCUT2D eigenvalue weighted by Gasteiger charge is -2.16. The van der Waals surface area contributed by atoms with Crippen molar-refractivity contribution in [3.05, 3.63) is 0 Å². The fourth-order valence-corrected chi connectivity index (χ4v) is 1.46. The van der Waals surface area contributed by atoms with E-state index < -0.39 is 24.5 Å². The molecule has 0 aromatic carbocycles. The van der Waals surface area contributed by atoms with E-state index in [0.29, 0.717) is 6.42 Å². The van der Waals surface area contributed by atoms with Crippen LogP contribution in [0.4, 0.5) is 13.6 Å². The zero-order valence-corrected chi connectivity index (χ0v) is 8.71. The normalized spacial score (nSPS) is 18.5. The second kappa shape index (κ2) is 5.09. The number of likely N-dealkylation sites (tertiary alicyclic amines) is 1. The van der Waals surface area contributed by atoms with Crippen molar-refractivity contribution in [3.8, 4) is 0 Å². The van der Waals surface area contributed by atoms with Gasteiger partial charge in [-0.15, -0.1) is 0 Å². The SMILES string of the molecule is O=C(O)CCCNC(=O)N1CCC(F)(F)C1. The highest BCUT2D eigenvalue weighted by Gasteiger charge is 2.40. The van der Waals surface area contributed by atoms with Gasteiger partial charge in [0.05, 0.1) is 6.54 Å². The molecule has 2 N–H and O–H groups in total. The Bertz CT molecular complexity index is 284. The van der Waals surface area contributed by atoms with E-state index in [1.165, 1.54) is 0 Å². The molecule has 2 amide bonds. The minimum atomic E-state index is -2.79. The Hall–Kier alpha value is -1.40. The third-order valence-corrected chi connectivity index (χ3v) is 2.30. The fraction of sp³-hybridized carbons (Fsp3) is 0.778. The van der Waals surface area contributed by atoms with Gasteiger partial charge in [0.15, 0.2) is 0 Å². The molecule has 1 rings (SSSR count). The molecule has 1 aliphatic heterocycles. The van der Waals surface area contributed by atoms with Gasteiger partial charge in [0, 0.05) is 25.9 Å². The van der Waals surface area contributed by atoms with Gasteiger partial charge in [-0.3, -0.25) is 4.79 Å². The maximum Gasteiger partial charge on any atom is 0.317 e. The van der Waals surface area contributed by atoms with Crippen LogP contribution in [0.15, 0.2) is 0 Å². The maximum absolute atomic E-state index is 12.7. The van der Waals surface area contributed by atoms with E-state index in [9.17, 15) is 18.4 Å². The first-order valence-electron chi connectivity index (χ1n) is 5.03. The molecule has 1 aliphatic rings. The number of amides is 2. The van der Waals surface area contributed by atoms with E-state index in [-0.39, 0.29) is 25.9 Å². The van der Waals surface area contributed by atoms with Crippen LogP contribution in [0.2, 0.25) is 0 Å². The number of carbonyl (C=O) groups is 2. The lowest BCUT2D eigenvalue weighted by Crippen LogP contribution is -2.40. The van der Waals surface area contributed by atoms with E-state index >= 15 is 0 Å². The number of carboxylic acid groups (broad SMARTS) is 1. The van der Waals surface area contributed by atoms with E-state index in [0.717, 1.165) is 4.90 Å². The van der Waals surface area contributed by atoms with Crippen LogP contribution < -0.4 is 5.32 Å². The Morgan fingerprint density at radius 3 is 2.62 bits per heavy atom. The van der Waals surface area contributed by atoms with Crippen molar-refractivity contribution in [2.45, 2.75) is 25.2 Å². The summed E-state index contributed by atoms with van der Waals surface area (Å²) in [7, 11) is 0. The number of hydrogen-bond donors (Lipinski definition) is 2. The lowest BCUT2D eigenvalue weighted by molar-refractivity contribution is -0.137. The molecule has 7 heteroatoms. The Balaban J connectivity index is 2.19. The van der Waals surface area contributed by atoms with Gasteiger partial charge in [-0.1, -0.05) is 0 Å². The molecule has 0 atom stereocenters. The first kappa shape index (κ1) is 12.7. The number of carboxylic acids is 1. The van der Waals surface area contributed by atoms with Crippen molar-refractivity contribution in [2.24, 2.45) is 0 Å². The van der Waals surface area contributed by atoms with Crippen LogP contribution in [0, 0.1) is 0 Å². The molecule has 1 heterocycles. The molecule has 1 saturated heterocycles. The molecule has 0 saturated carbocycles. The Morgan fingerprint density at radius 2 is 2.12 bits per heavy atom. The minimum Gasteiger partial charge on any atom is -0.481 e. The molecule has 0 radical (unpaired) electrons. The summed E-state index contributed by atoms with van der Waals surface area (Å²) >= 11 is 0. The molecule has 0 aromatic heterocycles. The first-order chi connectivity index (χ1) is 7.41. The number of hydrogen-bond acceptors (Lipinski definition) is 2. The van der Waals surface area contributed by atoms with Gasteiger partial charge in [0.1, 0.15) is 0 Å². The van der Waals surface area contributed by atoms with Crippen molar-refractivity contribution < 1.29 is 23.5 Å². The van der Waals surface area contributed by atoms with E-state index in [4.69, 9.17) is 5.11 Å². The zero-order chi connectivity index (χ0) is 12.2. The van der Waals surface area contributed by atoms with E-state index in [1.54, 1.807) is 0 Å². The third-order valence-electron chi connectivity index (χ3n) is 2.30. The quantitative estimate of drug-likeness (QED) is 0.712. The second-order valence-corrected chi connectivity index (χ2v) is 3.76. The van der Waals surface area contributed by atoms with Gasteiger partial charge >= 0.3 is 12.0 Å². The Morgan fingerprint density at radius 1 is 1.44 bits per heavy atom. The monoisotopic (exact) mass is 236 g/mol. The largest absolute Gasteiger partial charge is 0.481 e. The summed E-state index contributed by atoms with van der Waals surface area (Å²) < 4.78 is 25.5. The summed E-state index contributed by atoms with van der Waals surface area (Å²) in [6.45, 7) is -0.331. The molecule has 0 aliphatic carbocycles. The molecule has 16 heavy (non-hydrogen) atoms. The molecule has 0 spiro atoms. The summed E-state index contributed by atoms with van der Waals surface area (Å²) in [5.74, 6) is -3.74. The summed E-state index contributed by atoms with van der Waals surface area (Å²) in [6, 6.07) is -0.553. The van der Waals surface area contributed by atoms with Crippen LogP contribution in [0.1, 0.15) is 19.3 Å². The van der Waals surface area contributed by atoms with Crippen LogP contribution in [0.3, 0.4) is 0 Å². The van der Waals surface area contributed by atoms with Gasteiger partial charge < -0.3 is 15.3 Å². The number of rotatable bonds is 4. The van der Waals surface area contributed by atoms with Gasteiger partial charge in [0.25, 0.3) is 5.92 Å². The fourth-order valence-electron chi connectivity index (χ4n) is 1.46. The predicted molar refractivity (Wildman–Crippen MR) is 51.4 cm³/mol. The zero-order valence-electron chi connectivity index (χ0n) is 8.71. The van der Waals surface area contributed by atoms with Gasteiger partial charge in [0.2, 0.25) is 0 Å². The molecular formula is C9H14F2N2O3. The molecule has 92 valence electrons. The minimum absolute atomic E-state index is 0.0394. The number of carbonyl (C=O) groups excluding carboxylic acids is 1. The van der Waals surface area contributed by atoms with Crippen molar-refractivity contribution in [3.63, 3.8) is 0 Å². The average Bonchev–Trinajstić information content (AvgIpc) is 2.53. The smallest absolute Gasteiger partial charge is 0.317 e. The van der Waals surface area contributed by atoms with Crippen LogP contribution in [-0.2, 0) is 4.79 Å². The summed E-state index contributed by atoms with van der Waals surface area (Å²) in [6.07, 6.45) is -0.0582. The standard InChI is InChI=1S/C9H14F2N2O3/c10-9(11)3-5-13(6-9)8(16)12-4-1-2-7(14)15/h1-6H2,(H,12,16)(H,14,15). The van der Waals surface area contributed by atoms with Gasteiger partial charge in [-0.2, -0.15) is 0 Å². The molecule has 0 aromatic rings. The lowest BCUT2D eigenvalue weighted by atomic mass is 10.3. The number of halogens is 2. The Kier molecular flexibility index (Phi) is 4.03. The molecule has 0 unspecified atom stereocenters. The number of aliphatic carboxylic acids is 1.